The van der Waals surface area contributed by atoms with Gasteiger partial charge in [0, 0.05) is 12.1 Å². The van der Waals surface area contributed by atoms with Crippen molar-refractivity contribution in [1.82, 2.24) is 20.1 Å². The summed E-state index contributed by atoms with van der Waals surface area (Å²) in [6, 6.07) is 11.2. The van der Waals surface area contributed by atoms with Gasteiger partial charge in [0.1, 0.15) is 25.9 Å². The second-order valence-corrected chi connectivity index (χ2v) is 6.48. The number of carbonyl (C=O) groups is 1. The summed E-state index contributed by atoms with van der Waals surface area (Å²) in [6.45, 7) is 1.96. The Morgan fingerprint density at radius 2 is 1.93 bits per heavy atom. The van der Waals surface area contributed by atoms with Crippen LogP contribution >= 0.6 is 11.6 Å². The summed E-state index contributed by atoms with van der Waals surface area (Å²) in [5, 5.41) is 7.35. The quantitative estimate of drug-likeness (QED) is 0.731. The van der Waals surface area contributed by atoms with E-state index in [1.165, 1.54) is 6.33 Å². The van der Waals surface area contributed by atoms with Crippen molar-refractivity contribution in [3.05, 3.63) is 70.8 Å². The van der Waals surface area contributed by atoms with Gasteiger partial charge in [-0.3, -0.25) is 4.79 Å². The first-order chi connectivity index (χ1) is 13.2. The molecule has 0 bridgehead atoms. The lowest BCUT2D eigenvalue weighted by molar-refractivity contribution is 0.0949. The summed E-state index contributed by atoms with van der Waals surface area (Å²) in [7, 11) is 0. The summed E-state index contributed by atoms with van der Waals surface area (Å²) in [4.78, 5) is 16.4. The van der Waals surface area contributed by atoms with Gasteiger partial charge in [-0.05, 0) is 23.3 Å². The topological polar surface area (TPSA) is 78.3 Å². The van der Waals surface area contributed by atoms with Gasteiger partial charge in [-0.1, -0.05) is 35.9 Å². The third-order valence-electron chi connectivity index (χ3n) is 4.15. The Hall–Kier alpha value is -3.06. The largest absolute Gasteiger partial charge is 0.486 e. The van der Waals surface area contributed by atoms with Crippen LogP contribution in [0.1, 0.15) is 21.5 Å². The highest BCUT2D eigenvalue weighted by molar-refractivity contribution is 6.32. The van der Waals surface area contributed by atoms with E-state index in [9.17, 15) is 4.79 Å². The Labute approximate surface area is 160 Å². The minimum atomic E-state index is -0.222. The van der Waals surface area contributed by atoms with Crippen LogP contribution in [0.2, 0.25) is 5.02 Å². The van der Waals surface area contributed by atoms with E-state index < -0.39 is 0 Å². The van der Waals surface area contributed by atoms with Crippen molar-refractivity contribution < 1.29 is 14.3 Å². The third-order valence-corrected chi connectivity index (χ3v) is 4.43. The van der Waals surface area contributed by atoms with Crippen molar-refractivity contribution in [2.45, 2.75) is 13.1 Å². The molecule has 0 spiro atoms. The average molecular weight is 385 g/mol. The molecule has 0 fully saturated rings. The van der Waals surface area contributed by atoms with Gasteiger partial charge in [-0.25, -0.2) is 9.67 Å². The maximum absolute atomic E-state index is 12.4. The normalized spacial score (nSPS) is 12.6. The highest BCUT2D eigenvalue weighted by atomic mass is 35.5. The van der Waals surface area contributed by atoms with Crippen LogP contribution in [0.25, 0.3) is 0 Å². The number of aromatic nitrogens is 3. The molecule has 0 saturated carbocycles. The van der Waals surface area contributed by atoms with Gasteiger partial charge in [0.15, 0.2) is 11.5 Å². The molecule has 0 atom stereocenters. The highest BCUT2D eigenvalue weighted by Crippen LogP contribution is 2.38. The van der Waals surface area contributed by atoms with Crippen LogP contribution in [0.3, 0.4) is 0 Å². The fraction of sp³-hybridized carbons (Fsp3) is 0.211. The van der Waals surface area contributed by atoms with Gasteiger partial charge >= 0.3 is 0 Å². The lowest BCUT2D eigenvalue weighted by atomic mass is 10.1. The molecule has 1 amide bonds. The lowest BCUT2D eigenvalue weighted by Gasteiger charge is -2.20. The summed E-state index contributed by atoms with van der Waals surface area (Å²) in [5.41, 5.74) is 2.54. The number of carbonyl (C=O) groups excluding carboxylic acids is 1. The number of ether oxygens (including phenoxy) is 2. The van der Waals surface area contributed by atoms with E-state index in [1.54, 1.807) is 23.1 Å². The lowest BCUT2D eigenvalue weighted by Crippen LogP contribution is -2.23. The molecule has 0 radical (unpaired) electrons. The second-order valence-electron chi connectivity index (χ2n) is 6.07. The molecule has 1 N–H and O–H groups in total. The SMILES string of the molecule is O=C(NCc1ccc(Cn2cncn2)cc1)c1cc(Cl)c2c(c1)OCCO2. The number of fused-ring (bicyclic) bond motifs is 1. The zero-order chi connectivity index (χ0) is 18.6. The molecule has 0 unspecified atom stereocenters. The molecule has 2 heterocycles. The highest BCUT2D eigenvalue weighted by Gasteiger charge is 2.19. The van der Waals surface area contributed by atoms with Crippen molar-refractivity contribution in [2.75, 3.05) is 13.2 Å². The number of hydrogen-bond acceptors (Lipinski definition) is 5. The first-order valence-electron chi connectivity index (χ1n) is 8.46. The van der Waals surface area contributed by atoms with Crippen molar-refractivity contribution >= 4 is 17.5 Å². The van der Waals surface area contributed by atoms with Crippen molar-refractivity contribution in [3.63, 3.8) is 0 Å². The van der Waals surface area contributed by atoms with E-state index in [-0.39, 0.29) is 5.91 Å². The van der Waals surface area contributed by atoms with Gasteiger partial charge < -0.3 is 14.8 Å². The number of nitrogens with zero attached hydrogens (tertiary/aromatic N) is 3. The van der Waals surface area contributed by atoms with Crippen molar-refractivity contribution in [1.29, 1.82) is 0 Å². The smallest absolute Gasteiger partial charge is 0.251 e. The van der Waals surface area contributed by atoms with Crippen LogP contribution in [-0.4, -0.2) is 33.9 Å². The van der Waals surface area contributed by atoms with E-state index in [1.807, 2.05) is 24.3 Å². The third kappa shape index (κ3) is 4.03. The van der Waals surface area contributed by atoms with Gasteiger partial charge in [-0.15, -0.1) is 0 Å². The second kappa shape index (κ2) is 7.67. The molecule has 1 aromatic heterocycles. The van der Waals surface area contributed by atoms with E-state index >= 15 is 0 Å². The van der Waals surface area contributed by atoms with Crippen LogP contribution in [-0.2, 0) is 13.1 Å². The fourth-order valence-electron chi connectivity index (χ4n) is 2.79. The maximum atomic E-state index is 12.4. The monoisotopic (exact) mass is 384 g/mol. The molecule has 0 aliphatic carbocycles. The Balaban J connectivity index is 1.38. The van der Waals surface area contributed by atoms with Crippen LogP contribution in [0.15, 0.2) is 49.1 Å². The van der Waals surface area contributed by atoms with Crippen LogP contribution < -0.4 is 14.8 Å². The zero-order valence-corrected chi connectivity index (χ0v) is 15.1. The maximum Gasteiger partial charge on any atom is 0.251 e. The van der Waals surface area contributed by atoms with Gasteiger partial charge in [0.25, 0.3) is 5.91 Å². The van der Waals surface area contributed by atoms with Gasteiger partial charge in [-0.2, -0.15) is 5.10 Å². The average Bonchev–Trinajstić information content (AvgIpc) is 3.20. The van der Waals surface area contributed by atoms with E-state index in [0.29, 0.717) is 48.4 Å². The number of hydrogen-bond donors (Lipinski definition) is 1. The Morgan fingerprint density at radius 3 is 2.70 bits per heavy atom. The van der Waals surface area contributed by atoms with Crippen LogP contribution in [0, 0.1) is 0 Å². The Morgan fingerprint density at radius 1 is 1.15 bits per heavy atom. The van der Waals surface area contributed by atoms with Crippen molar-refractivity contribution in [2.24, 2.45) is 0 Å². The first kappa shape index (κ1) is 17.4. The summed E-state index contributed by atoms with van der Waals surface area (Å²) in [5.74, 6) is 0.763. The molecule has 7 nitrogen and oxygen atoms in total. The summed E-state index contributed by atoms with van der Waals surface area (Å²) in [6.07, 6.45) is 3.18. The molecule has 1 aliphatic rings. The van der Waals surface area contributed by atoms with Gasteiger partial charge in [0.2, 0.25) is 0 Å². The number of halogens is 1. The van der Waals surface area contributed by atoms with Gasteiger partial charge in [0.05, 0.1) is 11.6 Å². The molecule has 4 rings (SSSR count). The molecule has 0 saturated heterocycles. The van der Waals surface area contributed by atoms with Crippen LogP contribution in [0.4, 0.5) is 0 Å². The molecule has 27 heavy (non-hydrogen) atoms. The predicted molar refractivity (Wildman–Crippen MR) is 99.2 cm³/mol. The molecular weight excluding hydrogens is 368 g/mol. The predicted octanol–water partition coefficient (Wildman–Crippen LogP) is 2.68. The number of amides is 1. The molecule has 2 aromatic carbocycles. The first-order valence-corrected chi connectivity index (χ1v) is 8.84. The molecular formula is C19H17ClN4O3. The molecule has 138 valence electrons. The van der Waals surface area contributed by atoms with Crippen LogP contribution in [0.5, 0.6) is 11.5 Å². The number of benzene rings is 2. The molecule has 3 aromatic rings. The van der Waals surface area contributed by atoms with E-state index in [4.69, 9.17) is 21.1 Å². The van der Waals surface area contributed by atoms with E-state index in [0.717, 1.165) is 11.1 Å². The number of rotatable bonds is 5. The minimum Gasteiger partial charge on any atom is -0.486 e. The zero-order valence-electron chi connectivity index (χ0n) is 14.4. The Bertz CT molecular complexity index is 942. The Kier molecular flexibility index (Phi) is 4.93. The fourth-order valence-corrected chi connectivity index (χ4v) is 3.06. The van der Waals surface area contributed by atoms with Crippen molar-refractivity contribution in [3.8, 4) is 11.5 Å². The number of nitrogens with one attached hydrogen (secondary N) is 1. The molecule has 1 aliphatic heterocycles. The minimum absolute atomic E-state index is 0.222. The van der Waals surface area contributed by atoms with E-state index in [2.05, 4.69) is 15.4 Å². The summed E-state index contributed by atoms with van der Waals surface area (Å²) >= 11 is 6.19. The summed E-state index contributed by atoms with van der Waals surface area (Å²) < 4.78 is 12.7. The molecule has 8 heteroatoms. The standard InChI is InChI=1S/C19H17ClN4O3/c20-16-7-15(8-17-18(16)27-6-5-26-17)19(25)22-9-13-1-3-14(4-2-13)10-24-12-21-11-23-24/h1-4,7-8,11-12H,5-6,9-10H2,(H,22,25).